The number of rotatable bonds is 4. The third-order valence-electron chi connectivity index (χ3n) is 5.29. The number of nitrogens with two attached hydrogens (primary N) is 1. The first-order valence-corrected chi connectivity index (χ1v) is 8.18. The maximum atomic E-state index is 12.6. The van der Waals surface area contributed by atoms with Crippen LogP contribution >= 0.6 is 0 Å². The van der Waals surface area contributed by atoms with Gasteiger partial charge in [-0.05, 0) is 48.8 Å². The van der Waals surface area contributed by atoms with Gasteiger partial charge < -0.3 is 11.1 Å². The van der Waals surface area contributed by atoms with Gasteiger partial charge in [-0.1, -0.05) is 12.1 Å². The van der Waals surface area contributed by atoms with Crippen molar-refractivity contribution in [3.05, 3.63) is 42.5 Å². The smallest absolute Gasteiger partial charge is 0.229 e. The monoisotopic (exact) mass is 311 g/mol. The Labute approximate surface area is 135 Å². The van der Waals surface area contributed by atoms with Crippen LogP contribution in [0.2, 0.25) is 0 Å². The van der Waals surface area contributed by atoms with Gasteiger partial charge in [0.2, 0.25) is 5.91 Å². The lowest BCUT2D eigenvalue weighted by Crippen LogP contribution is -2.42. The maximum Gasteiger partial charge on any atom is 0.229 e. The number of hydrogen-bond donors (Lipinski definition) is 2. The quantitative estimate of drug-likeness (QED) is 0.899. The third-order valence-corrected chi connectivity index (χ3v) is 5.29. The summed E-state index contributed by atoms with van der Waals surface area (Å²) in [4.78, 5) is 16.6. The summed E-state index contributed by atoms with van der Waals surface area (Å²) in [5, 5.41) is 7.16. The van der Waals surface area contributed by atoms with Crippen LogP contribution in [0.15, 0.2) is 36.9 Å². The fourth-order valence-electron chi connectivity index (χ4n) is 4.20. The van der Waals surface area contributed by atoms with E-state index in [1.54, 1.807) is 11.0 Å². The number of benzene rings is 1. The lowest BCUT2D eigenvalue weighted by atomic mass is 9.84. The van der Waals surface area contributed by atoms with E-state index in [2.05, 4.69) is 15.4 Å². The fourth-order valence-corrected chi connectivity index (χ4v) is 4.20. The van der Waals surface area contributed by atoms with Crippen LogP contribution < -0.4 is 11.1 Å². The average molecular weight is 311 g/mol. The van der Waals surface area contributed by atoms with Gasteiger partial charge in [0.15, 0.2) is 0 Å². The van der Waals surface area contributed by atoms with E-state index in [0.29, 0.717) is 18.4 Å². The number of aromatic nitrogens is 3. The van der Waals surface area contributed by atoms with E-state index in [1.165, 1.54) is 12.7 Å². The molecule has 4 unspecified atom stereocenters. The second-order valence-electron chi connectivity index (χ2n) is 6.72. The number of hydrogen-bond acceptors (Lipinski definition) is 4. The molecule has 2 aliphatic rings. The number of nitrogens with one attached hydrogen (secondary N) is 1. The van der Waals surface area contributed by atoms with Gasteiger partial charge in [-0.15, -0.1) is 0 Å². The molecule has 0 saturated heterocycles. The molecular formula is C17H21N5O. The van der Waals surface area contributed by atoms with Crippen LogP contribution in [-0.2, 0) is 11.3 Å². The Hall–Kier alpha value is -2.21. The Morgan fingerprint density at radius 3 is 2.96 bits per heavy atom. The first kappa shape index (κ1) is 14.4. The van der Waals surface area contributed by atoms with E-state index >= 15 is 0 Å². The van der Waals surface area contributed by atoms with Crippen molar-refractivity contribution in [2.24, 2.45) is 23.5 Å². The zero-order chi connectivity index (χ0) is 15.8. The van der Waals surface area contributed by atoms with Gasteiger partial charge in [-0.25, -0.2) is 9.67 Å². The highest BCUT2D eigenvalue weighted by atomic mass is 16.2. The molecule has 6 heteroatoms. The summed E-state index contributed by atoms with van der Waals surface area (Å²) in [5.74, 6) is 1.04. The highest BCUT2D eigenvalue weighted by Crippen LogP contribution is 2.47. The molecule has 120 valence electrons. The van der Waals surface area contributed by atoms with Crippen LogP contribution in [0.25, 0.3) is 0 Å². The molecule has 1 heterocycles. The predicted octanol–water partition coefficient (Wildman–Crippen LogP) is 1.64. The molecule has 6 nitrogen and oxygen atoms in total. The standard InChI is InChI=1S/C17H21N5O/c18-16-13-5-4-12(7-13)15(16)17(23)21-14-3-1-2-11(6-14)8-22-10-19-9-20-22/h1-3,6,9-10,12-13,15-16H,4-5,7-8,18H2,(H,21,23). The van der Waals surface area contributed by atoms with Gasteiger partial charge in [-0.2, -0.15) is 5.10 Å². The Bertz CT molecular complexity index is 697. The van der Waals surface area contributed by atoms with Crippen molar-refractivity contribution < 1.29 is 4.79 Å². The number of carbonyl (C=O) groups is 1. The predicted molar refractivity (Wildman–Crippen MR) is 86.5 cm³/mol. The molecule has 4 atom stereocenters. The molecule has 0 aliphatic heterocycles. The number of anilines is 1. The van der Waals surface area contributed by atoms with Gasteiger partial charge in [0, 0.05) is 11.7 Å². The first-order chi connectivity index (χ1) is 11.2. The normalized spacial score (nSPS) is 28.9. The first-order valence-electron chi connectivity index (χ1n) is 8.18. The molecule has 2 bridgehead atoms. The fraction of sp³-hybridized carbons (Fsp3) is 0.471. The van der Waals surface area contributed by atoms with E-state index in [-0.39, 0.29) is 17.9 Å². The average Bonchev–Trinajstić information content (AvgIpc) is 3.24. The number of amides is 1. The molecular weight excluding hydrogens is 290 g/mol. The lowest BCUT2D eigenvalue weighted by molar-refractivity contribution is -0.121. The van der Waals surface area contributed by atoms with Crippen molar-refractivity contribution in [3.8, 4) is 0 Å². The topological polar surface area (TPSA) is 85.8 Å². The van der Waals surface area contributed by atoms with E-state index in [0.717, 1.165) is 24.1 Å². The van der Waals surface area contributed by atoms with Gasteiger partial charge >= 0.3 is 0 Å². The minimum atomic E-state index is -0.0345. The Morgan fingerprint density at radius 2 is 2.22 bits per heavy atom. The van der Waals surface area contributed by atoms with E-state index in [9.17, 15) is 4.79 Å². The van der Waals surface area contributed by atoms with Crippen LogP contribution in [-0.4, -0.2) is 26.7 Å². The minimum Gasteiger partial charge on any atom is -0.327 e. The maximum absolute atomic E-state index is 12.6. The second kappa shape index (κ2) is 5.77. The molecule has 0 spiro atoms. The summed E-state index contributed by atoms with van der Waals surface area (Å²) in [5.41, 5.74) is 8.16. The number of carbonyl (C=O) groups excluding carboxylic acids is 1. The van der Waals surface area contributed by atoms with E-state index < -0.39 is 0 Å². The van der Waals surface area contributed by atoms with Crippen molar-refractivity contribution in [2.45, 2.75) is 31.8 Å². The molecule has 1 amide bonds. The molecule has 2 aromatic rings. The Kier molecular flexibility index (Phi) is 3.61. The van der Waals surface area contributed by atoms with Gasteiger partial charge in [0.25, 0.3) is 0 Å². The Morgan fingerprint density at radius 1 is 1.35 bits per heavy atom. The zero-order valence-electron chi connectivity index (χ0n) is 12.9. The van der Waals surface area contributed by atoms with Gasteiger partial charge in [0.1, 0.15) is 12.7 Å². The van der Waals surface area contributed by atoms with Crippen molar-refractivity contribution in [2.75, 3.05) is 5.32 Å². The summed E-state index contributed by atoms with van der Waals surface area (Å²) in [6, 6.07) is 7.88. The minimum absolute atomic E-state index is 0.0204. The molecule has 4 rings (SSSR count). The summed E-state index contributed by atoms with van der Waals surface area (Å²) in [6.07, 6.45) is 6.64. The zero-order valence-corrected chi connectivity index (χ0v) is 12.9. The summed E-state index contributed by atoms with van der Waals surface area (Å²) in [6.45, 7) is 0.636. The van der Waals surface area contributed by atoms with Crippen molar-refractivity contribution in [3.63, 3.8) is 0 Å². The highest BCUT2D eigenvalue weighted by molar-refractivity contribution is 5.93. The molecule has 1 aromatic heterocycles. The van der Waals surface area contributed by atoms with Crippen LogP contribution in [0.3, 0.4) is 0 Å². The SMILES string of the molecule is NC1C2CCC(C2)C1C(=O)Nc1cccc(Cn2cncn2)c1. The summed E-state index contributed by atoms with van der Waals surface area (Å²) in [7, 11) is 0. The molecule has 23 heavy (non-hydrogen) atoms. The van der Waals surface area contributed by atoms with Gasteiger partial charge in [-0.3, -0.25) is 4.79 Å². The van der Waals surface area contributed by atoms with Crippen LogP contribution in [0.5, 0.6) is 0 Å². The van der Waals surface area contributed by atoms with E-state index in [1.807, 2.05) is 24.3 Å². The molecule has 2 saturated carbocycles. The van der Waals surface area contributed by atoms with E-state index in [4.69, 9.17) is 5.73 Å². The Balaban J connectivity index is 1.45. The number of fused-ring (bicyclic) bond motifs is 2. The largest absolute Gasteiger partial charge is 0.327 e. The molecule has 3 N–H and O–H groups in total. The second-order valence-corrected chi connectivity index (χ2v) is 6.72. The van der Waals surface area contributed by atoms with Crippen LogP contribution in [0.1, 0.15) is 24.8 Å². The molecule has 1 aromatic carbocycles. The van der Waals surface area contributed by atoms with Crippen molar-refractivity contribution in [1.82, 2.24) is 14.8 Å². The lowest BCUT2D eigenvalue weighted by Gasteiger charge is -2.27. The van der Waals surface area contributed by atoms with Crippen molar-refractivity contribution >= 4 is 11.6 Å². The van der Waals surface area contributed by atoms with Crippen molar-refractivity contribution in [1.29, 1.82) is 0 Å². The van der Waals surface area contributed by atoms with Gasteiger partial charge in [0.05, 0.1) is 12.5 Å². The molecule has 2 fully saturated rings. The highest BCUT2D eigenvalue weighted by Gasteiger charge is 2.49. The summed E-state index contributed by atoms with van der Waals surface area (Å²) >= 11 is 0. The number of nitrogens with zero attached hydrogens (tertiary/aromatic N) is 3. The van der Waals surface area contributed by atoms with Crippen LogP contribution in [0.4, 0.5) is 5.69 Å². The molecule has 0 radical (unpaired) electrons. The summed E-state index contributed by atoms with van der Waals surface area (Å²) < 4.78 is 1.76. The van der Waals surface area contributed by atoms with Crippen LogP contribution in [0, 0.1) is 17.8 Å². The third kappa shape index (κ3) is 2.74. The molecule has 2 aliphatic carbocycles.